The molecule has 1 nitrogen and oxygen atoms in total. The predicted molar refractivity (Wildman–Crippen MR) is 119 cm³/mol. The van der Waals surface area contributed by atoms with E-state index in [9.17, 15) is 0 Å². The average molecular weight is 366 g/mol. The Morgan fingerprint density at radius 1 is 0.750 bits per heavy atom. The molecule has 0 unspecified atom stereocenters. The maximum atomic E-state index is 3.57. The fourth-order valence-corrected chi connectivity index (χ4v) is 5.81. The van der Waals surface area contributed by atoms with E-state index in [1.54, 1.807) is 0 Å². The highest BCUT2D eigenvalue weighted by molar-refractivity contribution is 5.91. The van der Waals surface area contributed by atoms with Gasteiger partial charge in [0.2, 0.25) is 0 Å². The number of hydrogen-bond acceptors (Lipinski definition) is 0. The van der Waals surface area contributed by atoms with Gasteiger partial charge >= 0.3 is 0 Å². The third-order valence-electron chi connectivity index (χ3n) is 6.84. The highest BCUT2D eigenvalue weighted by Crippen LogP contribution is 2.62. The smallest absolute Gasteiger partial charge is 0.0535 e. The maximum absolute atomic E-state index is 3.57. The van der Waals surface area contributed by atoms with Crippen LogP contribution in [0.4, 0.5) is 0 Å². The van der Waals surface area contributed by atoms with E-state index in [1.165, 1.54) is 45.1 Å². The molecule has 1 heteroatoms. The summed E-state index contributed by atoms with van der Waals surface area (Å²) < 4.78 is 0. The summed E-state index contributed by atoms with van der Waals surface area (Å²) in [4.78, 5) is 3.57. The van der Waals surface area contributed by atoms with Crippen molar-refractivity contribution in [2.75, 3.05) is 0 Å². The summed E-state index contributed by atoms with van der Waals surface area (Å²) in [6, 6.07) is 26.8. The fraction of sp³-hybridized carbons (Fsp3) is 0.259. The van der Waals surface area contributed by atoms with Gasteiger partial charge in [-0.2, -0.15) is 0 Å². The second-order valence-electron chi connectivity index (χ2n) is 8.72. The Balaban J connectivity index is 1.97. The first-order valence-electron chi connectivity index (χ1n) is 10.4. The van der Waals surface area contributed by atoms with Gasteiger partial charge in [0.15, 0.2) is 0 Å². The molecular formula is C27H27N. The zero-order valence-corrected chi connectivity index (χ0v) is 16.9. The lowest BCUT2D eigenvalue weighted by atomic mass is 9.55. The molecule has 5 rings (SSSR count). The van der Waals surface area contributed by atoms with Gasteiger partial charge in [-0.1, -0.05) is 93.9 Å². The Morgan fingerprint density at radius 2 is 1.32 bits per heavy atom. The molecule has 1 N–H and O–H groups in total. The first-order chi connectivity index (χ1) is 13.6. The minimum atomic E-state index is -0.171. The second-order valence-corrected chi connectivity index (χ2v) is 8.72. The summed E-state index contributed by atoms with van der Waals surface area (Å²) in [5.41, 5.74) is 8.16. The number of fused-ring (bicyclic) bond motifs is 4. The number of aromatic amines is 1. The zero-order valence-electron chi connectivity index (χ0n) is 16.9. The van der Waals surface area contributed by atoms with Gasteiger partial charge in [0.25, 0.3) is 0 Å². The largest absolute Gasteiger partial charge is 0.361 e. The lowest BCUT2D eigenvalue weighted by Gasteiger charge is -2.46. The molecule has 1 heterocycles. The molecule has 1 aromatic heterocycles. The summed E-state index contributed by atoms with van der Waals surface area (Å²) in [7, 11) is 0. The second kappa shape index (κ2) is 6.10. The first kappa shape index (κ1) is 17.3. The van der Waals surface area contributed by atoms with Crippen LogP contribution in [0, 0.1) is 5.41 Å². The monoisotopic (exact) mass is 365 g/mol. The van der Waals surface area contributed by atoms with E-state index in [1.807, 2.05) is 0 Å². The van der Waals surface area contributed by atoms with E-state index in [0.717, 1.165) is 6.42 Å². The van der Waals surface area contributed by atoms with Gasteiger partial charge in [0.05, 0.1) is 5.41 Å². The molecule has 0 radical (unpaired) electrons. The Morgan fingerprint density at radius 3 is 1.96 bits per heavy atom. The van der Waals surface area contributed by atoms with Crippen molar-refractivity contribution < 1.29 is 0 Å². The van der Waals surface area contributed by atoms with Crippen LogP contribution in [0.1, 0.15) is 50.3 Å². The number of benzene rings is 3. The zero-order chi connectivity index (χ0) is 19.4. The van der Waals surface area contributed by atoms with Gasteiger partial charge in [-0.15, -0.1) is 0 Å². The van der Waals surface area contributed by atoms with E-state index < -0.39 is 0 Å². The molecule has 0 fully saturated rings. The van der Waals surface area contributed by atoms with Crippen molar-refractivity contribution in [3.63, 3.8) is 0 Å². The first-order valence-corrected chi connectivity index (χ1v) is 10.4. The minimum absolute atomic E-state index is 0.0649. The van der Waals surface area contributed by atoms with Crippen molar-refractivity contribution in [1.29, 1.82) is 0 Å². The summed E-state index contributed by atoms with van der Waals surface area (Å²) in [5.74, 6) is 0. The molecule has 4 aromatic rings. The van der Waals surface area contributed by atoms with Crippen molar-refractivity contribution in [2.45, 2.75) is 39.0 Å². The third-order valence-corrected chi connectivity index (χ3v) is 6.84. The van der Waals surface area contributed by atoms with Crippen molar-refractivity contribution in [3.8, 4) is 11.1 Å². The SMILES string of the molecule is CCCC(C)(C)C1(c2c[nH]c3ccccc23)c2ccccc2-c2ccccc21. The predicted octanol–water partition coefficient (Wildman–Crippen LogP) is 7.31. The molecule has 140 valence electrons. The number of rotatable bonds is 4. The topological polar surface area (TPSA) is 15.8 Å². The Labute approximate surface area is 167 Å². The van der Waals surface area contributed by atoms with Gasteiger partial charge in [-0.3, -0.25) is 0 Å². The molecule has 0 amide bonds. The molecule has 0 aliphatic heterocycles. The number of H-pyrrole nitrogens is 1. The number of hydrogen-bond donors (Lipinski definition) is 1. The fourth-order valence-electron chi connectivity index (χ4n) is 5.81. The molecule has 28 heavy (non-hydrogen) atoms. The average Bonchev–Trinajstić information content (AvgIpc) is 3.26. The van der Waals surface area contributed by atoms with E-state index in [0.29, 0.717) is 0 Å². The normalized spacial score (nSPS) is 14.8. The van der Waals surface area contributed by atoms with Gasteiger partial charge in [-0.25, -0.2) is 0 Å². The van der Waals surface area contributed by atoms with E-state index in [-0.39, 0.29) is 10.8 Å². The van der Waals surface area contributed by atoms with Crippen molar-refractivity contribution in [3.05, 3.63) is 95.7 Å². The van der Waals surface area contributed by atoms with Crippen LogP contribution >= 0.6 is 0 Å². The van der Waals surface area contributed by atoms with Gasteiger partial charge in [-0.05, 0) is 45.7 Å². The molecule has 0 bridgehead atoms. The molecule has 0 saturated carbocycles. The molecule has 0 atom stereocenters. The molecule has 1 aliphatic carbocycles. The Bertz CT molecular complexity index is 1120. The number of aromatic nitrogens is 1. The summed E-state index contributed by atoms with van der Waals surface area (Å²) in [6.45, 7) is 7.21. The molecule has 3 aromatic carbocycles. The van der Waals surface area contributed by atoms with Crippen LogP contribution in [-0.4, -0.2) is 4.98 Å². The molecular weight excluding hydrogens is 338 g/mol. The van der Waals surface area contributed by atoms with Crippen LogP contribution in [0.15, 0.2) is 79.0 Å². The standard InChI is InChI=1S/C27H27N/c1-4-17-26(2,3)27(24-18-28-25-16-10-7-13-21(24)25)22-14-8-5-11-19(22)20-12-6-9-15-23(20)27/h5-16,18,28H,4,17H2,1-3H3. The Hall–Kier alpha value is -2.80. The summed E-state index contributed by atoms with van der Waals surface area (Å²) >= 11 is 0. The lowest BCUT2D eigenvalue weighted by Crippen LogP contribution is -2.42. The number of nitrogens with one attached hydrogen (secondary N) is 1. The van der Waals surface area contributed by atoms with Gasteiger partial charge in [0.1, 0.15) is 0 Å². The number of para-hydroxylation sites is 1. The third kappa shape index (κ3) is 2.08. The van der Waals surface area contributed by atoms with Crippen molar-refractivity contribution >= 4 is 10.9 Å². The molecule has 1 aliphatic rings. The van der Waals surface area contributed by atoms with Crippen molar-refractivity contribution in [1.82, 2.24) is 4.98 Å². The van der Waals surface area contributed by atoms with E-state index in [2.05, 4.69) is 105 Å². The molecule has 0 spiro atoms. The van der Waals surface area contributed by atoms with Gasteiger partial charge < -0.3 is 4.98 Å². The highest BCUT2D eigenvalue weighted by atomic mass is 14.7. The van der Waals surface area contributed by atoms with Gasteiger partial charge in [0, 0.05) is 17.1 Å². The van der Waals surface area contributed by atoms with Crippen LogP contribution in [-0.2, 0) is 5.41 Å². The van der Waals surface area contributed by atoms with Crippen LogP contribution < -0.4 is 0 Å². The summed E-state index contributed by atoms with van der Waals surface area (Å²) in [5, 5.41) is 1.33. The van der Waals surface area contributed by atoms with E-state index >= 15 is 0 Å². The quantitative estimate of drug-likeness (QED) is 0.390. The Kier molecular flexibility index (Phi) is 3.77. The minimum Gasteiger partial charge on any atom is -0.361 e. The molecule has 0 saturated heterocycles. The van der Waals surface area contributed by atoms with Crippen LogP contribution in [0.3, 0.4) is 0 Å². The lowest BCUT2D eigenvalue weighted by molar-refractivity contribution is 0.224. The van der Waals surface area contributed by atoms with E-state index in [4.69, 9.17) is 0 Å². The van der Waals surface area contributed by atoms with Crippen LogP contribution in [0.5, 0.6) is 0 Å². The maximum Gasteiger partial charge on any atom is 0.0535 e. The summed E-state index contributed by atoms with van der Waals surface area (Å²) in [6.07, 6.45) is 4.59. The van der Waals surface area contributed by atoms with Crippen LogP contribution in [0.25, 0.3) is 22.0 Å². The van der Waals surface area contributed by atoms with Crippen LogP contribution in [0.2, 0.25) is 0 Å². The highest BCUT2D eigenvalue weighted by Gasteiger charge is 2.54. The van der Waals surface area contributed by atoms with Crippen molar-refractivity contribution in [2.24, 2.45) is 5.41 Å².